The molecular formula is C15H20O4. The first-order valence-corrected chi connectivity index (χ1v) is 6.66. The molecule has 2 rings (SSSR count). The molecule has 104 valence electrons. The van der Waals surface area contributed by atoms with Gasteiger partial charge in [0.2, 0.25) is 0 Å². The fourth-order valence-electron chi connectivity index (χ4n) is 2.66. The summed E-state index contributed by atoms with van der Waals surface area (Å²) < 4.78 is 10.7. The third-order valence-electron chi connectivity index (χ3n) is 3.92. The summed E-state index contributed by atoms with van der Waals surface area (Å²) in [5, 5.41) is 9.36. The summed E-state index contributed by atoms with van der Waals surface area (Å²) in [5.74, 6) is 0.854. The number of methoxy groups -OCH3 is 1. The monoisotopic (exact) mass is 264 g/mol. The Morgan fingerprint density at radius 3 is 2.32 bits per heavy atom. The van der Waals surface area contributed by atoms with Crippen LogP contribution in [0.1, 0.15) is 32.1 Å². The largest absolute Gasteiger partial charge is 0.497 e. The molecule has 4 heteroatoms. The van der Waals surface area contributed by atoms with Crippen molar-refractivity contribution in [2.45, 2.75) is 32.1 Å². The summed E-state index contributed by atoms with van der Waals surface area (Å²) in [6.45, 7) is 0.443. The van der Waals surface area contributed by atoms with Crippen LogP contribution in [0.15, 0.2) is 24.3 Å². The van der Waals surface area contributed by atoms with E-state index in [2.05, 4.69) is 0 Å². The smallest absolute Gasteiger partial charge is 0.309 e. The van der Waals surface area contributed by atoms with E-state index in [1.165, 1.54) is 0 Å². The molecule has 0 saturated heterocycles. The van der Waals surface area contributed by atoms with Crippen LogP contribution < -0.4 is 9.47 Å². The van der Waals surface area contributed by atoms with Gasteiger partial charge in [0, 0.05) is 0 Å². The predicted octanol–water partition coefficient (Wildman–Crippen LogP) is 3.11. The molecule has 0 bridgehead atoms. The van der Waals surface area contributed by atoms with E-state index in [9.17, 15) is 9.90 Å². The van der Waals surface area contributed by atoms with E-state index < -0.39 is 11.4 Å². The van der Waals surface area contributed by atoms with Crippen molar-refractivity contribution in [3.63, 3.8) is 0 Å². The number of carboxylic acid groups (broad SMARTS) is 1. The molecule has 1 aromatic rings. The van der Waals surface area contributed by atoms with Crippen molar-refractivity contribution in [2.24, 2.45) is 5.41 Å². The number of hydrogen-bond acceptors (Lipinski definition) is 3. The van der Waals surface area contributed by atoms with Gasteiger partial charge >= 0.3 is 5.97 Å². The van der Waals surface area contributed by atoms with E-state index in [1.54, 1.807) is 7.11 Å². The highest BCUT2D eigenvalue weighted by Crippen LogP contribution is 2.41. The maximum Gasteiger partial charge on any atom is 0.309 e. The van der Waals surface area contributed by atoms with Gasteiger partial charge in [-0.3, -0.25) is 4.79 Å². The van der Waals surface area contributed by atoms with Crippen LogP contribution in [-0.2, 0) is 4.79 Å². The van der Waals surface area contributed by atoms with Gasteiger partial charge in [-0.15, -0.1) is 0 Å². The van der Waals surface area contributed by atoms with E-state index in [0.29, 0.717) is 13.0 Å². The third kappa shape index (κ3) is 3.19. The zero-order valence-corrected chi connectivity index (χ0v) is 11.2. The second kappa shape index (κ2) is 5.95. The first kappa shape index (κ1) is 13.7. The Morgan fingerprint density at radius 2 is 1.79 bits per heavy atom. The lowest BCUT2D eigenvalue weighted by Crippen LogP contribution is -2.29. The Balaban J connectivity index is 1.86. The maximum absolute atomic E-state index is 11.4. The number of carbonyl (C=O) groups is 1. The van der Waals surface area contributed by atoms with Crippen molar-refractivity contribution >= 4 is 5.97 Å². The second-order valence-corrected chi connectivity index (χ2v) is 5.07. The highest BCUT2D eigenvalue weighted by molar-refractivity contribution is 5.74. The summed E-state index contributed by atoms with van der Waals surface area (Å²) in [6.07, 6.45) is 4.14. The number of aliphatic carboxylic acids is 1. The third-order valence-corrected chi connectivity index (χ3v) is 3.92. The van der Waals surface area contributed by atoms with E-state index in [4.69, 9.17) is 9.47 Å². The van der Waals surface area contributed by atoms with Crippen molar-refractivity contribution in [1.82, 2.24) is 0 Å². The summed E-state index contributed by atoms with van der Waals surface area (Å²) >= 11 is 0. The van der Waals surface area contributed by atoms with Crippen LogP contribution in [0, 0.1) is 5.41 Å². The zero-order valence-electron chi connectivity index (χ0n) is 11.2. The quantitative estimate of drug-likeness (QED) is 0.857. The average molecular weight is 264 g/mol. The summed E-state index contributed by atoms with van der Waals surface area (Å²) in [6, 6.07) is 7.33. The first-order valence-electron chi connectivity index (χ1n) is 6.66. The summed E-state index contributed by atoms with van der Waals surface area (Å²) in [5.41, 5.74) is -0.563. The molecule has 1 aromatic carbocycles. The minimum absolute atomic E-state index is 0.443. The molecular weight excluding hydrogens is 244 g/mol. The van der Waals surface area contributed by atoms with Crippen molar-refractivity contribution in [3.05, 3.63) is 24.3 Å². The molecule has 0 atom stereocenters. The van der Waals surface area contributed by atoms with Gasteiger partial charge in [0.15, 0.2) is 0 Å². The van der Waals surface area contributed by atoms with Gasteiger partial charge in [0.1, 0.15) is 11.5 Å². The van der Waals surface area contributed by atoms with Crippen LogP contribution in [0.2, 0.25) is 0 Å². The molecule has 4 nitrogen and oxygen atoms in total. The molecule has 0 spiro atoms. The highest BCUT2D eigenvalue weighted by Gasteiger charge is 2.40. The Hall–Kier alpha value is -1.71. The van der Waals surface area contributed by atoms with Crippen LogP contribution >= 0.6 is 0 Å². The van der Waals surface area contributed by atoms with Gasteiger partial charge in [-0.25, -0.2) is 0 Å². The van der Waals surface area contributed by atoms with Gasteiger partial charge in [0.25, 0.3) is 0 Å². The van der Waals surface area contributed by atoms with Crippen LogP contribution in [0.25, 0.3) is 0 Å². The molecule has 0 unspecified atom stereocenters. The van der Waals surface area contributed by atoms with Crippen LogP contribution in [-0.4, -0.2) is 24.8 Å². The molecule has 1 saturated carbocycles. The number of ether oxygens (including phenoxy) is 2. The second-order valence-electron chi connectivity index (χ2n) is 5.07. The SMILES string of the molecule is COc1ccc(OCCC2(C(=O)O)CCCC2)cc1. The van der Waals surface area contributed by atoms with Crippen molar-refractivity contribution in [2.75, 3.05) is 13.7 Å². The molecule has 0 amide bonds. The minimum Gasteiger partial charge on any atom is -0.497 e. The highest BCUT2D eigenvalue weighted by atomic mass is 16.5. The van der Waals surface area contributed by atoms with Gasteiger partial charge < -0.3 is 14.6 Å². The molecule has 1 fully saturated rings. The molecule has 1 N–H and O–H groups in total. The Bertz CT molecular complexity index is 418. The molecule has 1 aliphatic carbocycles. The van der Waals surface area contributed by atoms with Gasteiger partial charge in [-0.1, -0.05) is 12.8 Å². The Labute approximate surface area is 113 Å². The Morgan fingerprint density at radius 1 is 1.21 bits per heavy atom. The lowest BCUT2D eigenvalue weighted by atomic mass is 9.83. The summed E-state index contributed by atoms with van der Waals surface area (Å²) in [7, 11) is 1.62. The normalized spacial score (nSPS) is 17.1. The Kier molecular flexibility index (Phi) is 4.30. The number of carboxylic acids is 1. The molecule has 0 heterocycles. The first-order chi connectivity index (χ1) is 9.16. The van der Waals surface area contributed by atoms with Gasteiger partial charge in [-0.2, -0.15) is 0 Å². The maximum atomic E-state index is 11.4. The number of hydrogen-bond donors (Lipinski definition) is 1. The molecule has 1 aliphatic rings. The lowest BCUT2D eigenvalue weighted by molar-refractivity contribution is -0.149. The fourth-order valence-corrected chi connectivity index (χ4v) is 2.66. The van der Waals surface area contributed by atoms with Crippen molar-refractivity contribution in [3.8, 4) is 11.5 Å². The number of benzene rings is 1. The standard InChI is InChI=1S/C15H20O4/c1-18-12-4-6-13(7-5-12)19-11-10-15(14(16)17)8-2-3-9-15/h4-7H,2-3,8-11H2,1H3,(H,16,17). The average Bonchev–Trinajstić information content (AvgIpc) is 2.90. The number of rotatable bonds is 6. The van der Waals surface area contributed by atoms with Crippen LogP contribution in [0.3, 0.4) is 0 Å². The molecule has 0 aromatic heterocycles. The van der Waals surface area contributed by atoms with Crippen molar-refractivity contribution < 1.29 is 19.4 Å². The van der Waals surface area contributed by atoms with E-state index >= 15 is 0 Å². The van der Waals surface area contributed by atoms with Gasteiger partial charge in [0.05, 0.1) is 19.1 Å². The van der Waals surface area contributed by atoms with E-state index in [0.717, 1.165) is 37.2 Å². The van der Waals surface area contributed by atoms with E-state index in [-0.39, 0.29) is 0 Å². The fraction of sp³-hybridized carbons (Fsp3) is 0.533. The minimum atomic E-state index is -0.677. The predicted molar refractivity (Wildman–Crippen MR) is 71.6 cm³/mol. The van der Waals surface area contributed by atoms with Crippen LogP contribution in [0.4, 0.5) is 0 Å². The van der Waals surface area contributed by atoms with Gasteiger partial charge in [-0.05, 0) is 43.5 Å². The van der Waals surface area contributed by atoms with Crippen molar-refractivity contribution in [1.29, 1.82) is 0 Å². The van der Waals surface area contributed by atoms with Crippen LogP contribution in [0.5, 0.6) is 11.5 Å². The molecule has 0 aliphatic heterocycles. The lowest BCUT2D eigenvalue weighted by Gasteiger charge is -2.23. The summed E-state index contributed by atoms with van der Waals surface area (Å²) in [4.78, 5) is 11.4. The topological polar surface area (TPSA) is 55.8 Å². The molecule has 0 radical (unpaired) electrons. The molecule has 19 heavy (non-hydrogen) atoms. The van der Waals surface area contributed by atoms with E-state index in [1.807, 2.05) is 24.3 Å². The zero-order chi connectivity index (χ0) is 13.7.